The number of benzene rings is 1. The van der Waals surface area contributed by atoms with E-state index in [1.807, 2.05) is 24.3 Å². The van der Waals surface area contributed by atoms with Crippen LogP contribution in [-0.2, 0) is 20.7 Å². The molecule has 1 aromatic carbocycles. The van der Waals surface area contributed by atoms with Gasteiger partial charge in [0.05, 0.1) is 12.0 Å². The maximum atomic E-state index is 12.2. The molecule has 26 heavy (non-hydrogen) atoms. The minimum absolute atomic E-state index is 0.0488. The van der Waals surface area contributed by atoms with Crippen molar-refractivity contribution in [1.29, 1.82) is 0 Å². The van der Waals surface area contributed by atoms with Gasteiger partial charge in [-0.3, -0.25) is 14.4 Å². The fraction of sp³-hybridized carbons (Fsp3) is 0.167. The lowest BCUT2D eigenvalue weighted by Gasteiger charge is -2.13. The molecule has 8 heteroatoms. The summed E-state index contributed by atoms with van der Waals surface area (Å²) in [5.74, 6) is -1.67. The molecule has 0 bridgehead atoms. The number of amides is 2. The van der Waals surface area contributed by atoms with Crippen LogP contribution in [-0.4, -0.2) is 28.9 Å². The fourth-order valence-corrected chi connectivity index (χ4v) is 3.33. The minimum Gasteiger partial charge on any atom is -0.452 e. The molecule has 0 saturated carbocycles. The van der Waals surface area contributed by atoms with E-state index in [0.29, 0.717) is 5.00 Å². The number of hydrogen-bond donors (Lipinski definition) is 3. The highest BCUT2D eigenvalue weighted by atomic mass is 32.1. The molecule has 0 aliphatic carbocycles. The topological polar surface area (TPSA) is 114 Å². The molecule has 3 rings (SSSR count). The van der Waals surface area contributed by atoms with Gasteiger partial charge in [0.15, 0.2) is 6.10 Å². The Hall–Kier alpha value is -3.13. The van der Waals surface area contributed by atoms with Crippen molar-refractivity contribution in [3.63, 3.8) is 0 Å². The Bertz CT molecular complexity index is 976. The van der Waals surface area contributed by atoms with E-state index < -0.39 is 23.9 Å². The van der Waals surface area contributed by atoms with Crippen molar-refractivity contribution in [2.24, 2.45) is 5.73 Å². The largest absolute Gasteiger partial charge is 0.452 e. The zero-order valence-electron chi connectivity index (χ0n) is 13.9. The highest BCUT2D eigenvalue weighted by molar-refractivity contribution is 7.14. The number of hydrogen-bond acceptors (Lipinski definition) is 5. The summed E-state index contributed by atoms with van der Waals surface area (Å²) in [6.45, 7) is 1.47. The number of para-hydroxylation sites is 1. The van der Waals surface area contributed by atoms with E-state index in [0.717, 1.165) is 16.5 Å². The van der Waals surface area contributed by atoms with Gasteiger partial charge in [-0.1, -0.05) is 18.2 Å². The summed E-state index contributed by atoms with van der Waals surface area (Å²) in [5, 5.41) is 5.47. The molecule has 1 atom stereocenters. The Morgan fingerprint density at radius 1 is 1.27 bits per heavy atom. The highest BCUT2D eigenvalue weighted by Crippen LogP contribution is 2.23. The van der Waals surface area contributed by atoms with E-state index in [1.165, 1.54) is 24.3 Å². The van der Waals surface area contributed by atoms with Gasteiger partial charge in [0.25, 0.3) is 11.8 Å². The summed E-state index contributed by atoms with van der Waals surface area (Å²) >= 11 is 1.17. The van der Waals surface area contributed by atoms with Crippen LogP contribution in [0.5, 0.6) is 0 Å². The molecular formula is C18H17N3O4S. The third-order valence-electron chi connectivity index (χ3n) is 3.85. The van der Waals surface area contributed by atoms with Gasteiger partial charge < -0.3 is 20.8 Å². The molecule has 3 aromatic rings. The molecule has 4 N–H and O–H groups in total. The SMILES string of the molecule is C[C@H](OC(=O)Cc1c[nH]c2ccccc12)C(=O)Nc1sccc1C(N)=O. The van der Waals surface area contributed by atoms with Gasteiger partial charge in [-0.15, -0.1) is 11.3 Å². The van der Waals surface area contributed by atoms with Crippen molar-refractivity contribution in [2.75, 3.05) is 5.32 Å². The number of aromatic amines is 1. The van der Waals surface area contributed by atoms with Crippen LogP contribution in [0.1, 0.15) is 22.8 Å². The zero-order valence-corrected chi connectivity index (χ0v) is 14.8. The van der Waals surface area contributed by atoms with Crippen molar-refractivity contribution in [2.45, 2.75) is 19.4 Å². The van der Waals surface area contributed by atoms with Crippen molar-refractivity contribution in [3.05, 3.63) is 53.0 Å². The van der Waals surface area contributed by atoms with Crippen LogP contribution < -0.4 is 11.1 Å². The van der Waals surface area contributed by atoms with Gasteiger partial charge in [0.1, 0.15) is 5.00 Å². The molecule has 2 amide bonds. The van der Waals surface area contributed by atoms with E-state index in [9.17, 15) is 14.4 Å². The van der Waals surface area contributed by atoms with Crippen molar-refractivity contribution in [3.8, 4) is 0 Å². The van der Waals surface area contributed by atoms with Gasteiger partial charge >= 0.3 is 5.97 Å². The third-order valence-corrected chi connectivity index (χ3v) is 4.68. The van der Waals surface area contributed by atoms with Crippen LogP contribution in [0.2, 0.25) is 0 Å². The maximum absolute atomic E-state index is 12.2. The van der Waals surface area contributed by atoms with Gasteiger partial charge in [-0.2, -0.15) is 0 Å². The van der Waals surface area contributed by atoms with E-state index in [-0.39, 0.29) is 12.0 Å². The highest BCUT2D eigenvalue weighted by Gasteiger charge is 2.21. The number of rotatable bonds is 6. The monoisotopic (exact) mass is 371 g/mol. The van der Waals surface area contributed by atoms with Crippen molar-refractivity contribution < 1.29 is 19.1 Å². The molecule has 7 nitrogen and oxygen atoms in total. The number of primary amides is 1. The maximum Gasteiger partial charge on any atom is 0.311 e. The van der Waals surface area contributed by atoms with Crippen LogP contribution in [0.3, 0.4) is 0 Å². The Morgan fingerprint density at radius 3 is 2.81 bits per heavy atom. The number of nitrogens with two attached hydrogens (primary N) is 1. The van der Waals surface area contributed by atoms with Crippen LogP contribution in [0.15, 0.2) is 41.9 Å². The molecule has 0 aliphatic heterocycles. The molecule has 2 heterocycles. The second-order valence-electron chi connectivity index (χ2n) is 5.69. The van der Waals surface area contributed by atoms with Gasteiger partial charge in [-0.25, -0.2) is 0 Å². The van der Waals surface area contributed by atoms with Crippen LogP contribution in [0.4, 0.5) is 5.00 Å². The fourth-order valence-electron chi connectivity index (χ4n) is 2.54. The molecular weight excluding hydrogens is 354 g/mol. The first-order valence-electron chi connectivity index (χ1n) is 7.88. The lowest BCUT2D eigenvalue weighted by Crippen LogP contribution is -2.30. The summed E-state index contributed by atoms with van der Waals surface area (Å²) in [6.07, 6.45) is 0.796. The predicted molar refractivity (Wildman–Crippen MR) is 99.0 cm³/mol. The molecule has 0 spiro atoms. The number of ether oxygens (including phenoxy) is 1. The first kappa shape index (κ1) is 17.7. The number of nitrogens with one attached hydrogen (secondary N) is 2. The summed E-state index contributed by atoms with van der Waals surface area (Å²) < 4.78 is 5.21. The van der Waals surface area contributed by atoms with Crippen molar-refractivity contribution in [1.82, 2.24) is 4.98 Å². The van der Waals surface area contributed by atoms with Crippen molar-refractivity contribution >= 4 is 45.0 Å². The summed E-state index contributed by atoms with van der Waals surface area (Å²) in [5.41, 5.74) is 7.19. The van der Waals surface area contributed by atoms with E-state index in [4.69, 9.17) is 10.5 Å². The minimum atomic E-state index is -1.00. The Kier molecular flexibility index (Phi) is 5.04. The van der Waals surface area contributed by atoms with Crippen LogP contribution in [0, 0.1) is 0 Å². The van der Waals surface area contributed by atoms with Gasteiger partial charge in [0.2, 0.25) is 0 Å². The van der Waals surface area contributed by atoms with Crippen LogP contribution in [0.25, 0.3) is 10.9 Å². The molecule has 0 saturated heterocycles. The number of anilines is 1. The van der Waals surface area contributed by atoms with E-state index >= 15 is 0 Å². The average molecular weight is 371 g/mol. The number of thiophene rings is 1. The van der Waals surface area contributed by atoms with Gasteiger partial charge in [0, 0.05) is 17.1 Å². The number of aromatic nitrogens is 1. The molecule has 0 fully saturated rings. The number of carbonyl (C=O) groups excluding carboxylic acids is 3. The molecule has 0 radical (unpaired) electrons. The molecule has 134 valence electrons. The second kappa shape index (κ2) is 7.40. The van der Waals surface area contributed by atoms with Crippen LogP contribution >= 0.6 is 11.3 Å². The second-order valence-corrected chi connectivity index (χ2v) is 6.60. The van der Waals surface area contributed by atoms with E-state index in [2.05, 4.69) is 10.3 Å². The third kappa shape index (κ3) is 3.75. The number of esters is 1. The average Bonchev–Trinajstić information content (AvgIpc) is 3.22. The normalized spacial score (nSPS) is 11.9. The lowest BCUT2D eigenvalue weighted by atomic mass is 10.1. The first-order chi connectivity index (χ1) is 12.5. The Labute approximate surface area is 153 Å². The lowest BCUT2D eigenvalue weighted by molar-refractivity contribution is -0.152. The molecule has 0 aliphatic rings. The number of H-pyrrole nitrogens is 1. The quantitative estimate of drug-likeness (QED) is 0.577. The number of fused-ring (bicyclic) bond motifs is 1. The van der Waals surface area contributed by atoms with Gasteiger partial charge in [-0.05, 0) is 30.0 Å². The Balaban J connectivity index is 1.61. The zero-order chi connectivity index (χ0) is 18.7. The standard InChI is InChI=1S/C18H17N3O4S/c1-10(17(24)21-18-13(16(19)23)6-7-26-18)25-15(22)8-11-9-20-14-5-3-2-4-12(11)14/h2-7,9-10,20H,8H2,1H3,(H2,19,23)(H,21,24)/t10-/m0/s1. The summed E-state index contributed by atoms with van der Waals surface area (Å²) in [6, 6.07) is 9.14. The summed E-state index contributed by atoms with van der Waals surface area (Å²) in [7, 11) is 0. The Morgan fingerprint density at radius 2 is 2.04 bits per heavy atom. The first-order valence-corrected chi connectivity index (χ1v) is 8.76. The number of carbonyl (C=O) groups is 3. The van der Waals surface area contributed by atoms with E-state index in [1.54, 1.807) is 11.6 Å². The smallest absolute Gasteiger partial charge is 0.311 e. The molecule has 2 aromatic heterocycles. The predicted octanol–water partition coefficient (Wildman–Crippen LogP) is 2.44. The summed E-state index contributed by atoms with van der Waals surface area (Å²) in [4.78, 5) is 38.7. The molecule has 0 unspecified atom stereocenters.